The molecule has 1 aliphatic carbocycles. The van der Waals surface area contributed by atoms with Gasteiger partial charge in [-0.3, -0.25) is 0 Å². The van der Waals surface area contributed by atoms with Crippen molar-refractivity contribution in [3.8, 4) is 11.5 Å². The summed E-state index contributed by atoms with van der Waals surface area (Å²) in [6.07, 6.45) is 10.0. The van der Waals surface area contributed by atoms with Crippen LogP contribution >= 0.6 is 7.81 Å². The van der Waals surface area contributed by atoms with Crippen LogP contribution in [0.5, 0.6) is 0 Å². The number of hydrogen-bond acceptors (Lipinski definition) is 1. The quantitative estimate of drug-likeness (QED) is 0.104. The van der Waals surface area contributed by atoms with Gasteiger partial charge in [0.05, 0.1) is 0 Å². The van der Waals surface area contributed by atoms with Crippen LogP contribution < -0.4 is 5.32 Å². The molecule has 0 aromatic heterocycles. The predicted molar refractivity (Wildman–Crippen MR) is 118 cm³/mol. The van der Waals surface area contributed by atoms with Gasteiger partial charge in [0.1, 0.15) is 0 Å². The van der Waals surface area contributed by atoms with Crippen molar-refractivity contribution < 1.29 is 50.1 Å². The number of halogens is 6. The van der Waals surface area contributed by atoms with E-state index in [-0.39, 0.29) is 6.04 Å². The van der Waals surface area contributed by atoms with E-state index in [0.717, 1.165) is 4.54 Å². The summed E-state index contributed by atoms with van der Waals surface area (Å²) in [6.45, 7) is 17.8. The van der Waals surface area contributed by atoms with E-state index in [1.165, 1.54) is 5.56 Å². The van der Waals surface area contributed by atoms with Crippen molar-refractivity contribution in [1.29, 1.82) is 0 Å². The van der Waals surface area contributed by atoms with Gasteiger partial charge < -0.3 is 0 Å². The summed E-state index contributed by atoms with van der Waals surface area (Å²) in [4.78, 5) is 0. The molecule has 0 saturated heterocycles. The molecule has 0 bridgehead atoms. The van der Waals surface area contributed by atoms with E-state index in [1.54, 1.807) is 0 Å². The minimum Gasteiger partial charge on any atom is -0.0767 e. The van der Waals surface area contributed by atoms with E-state index in [2.05, 4.69) is 84.4 Å². The molecule has 33 heavy (non-hydrogen) atoms. The molecule has 0 aliphatic heterocycles. The van der Waals surface area contributed by atoms with Crippen LogP contribution in [0.25, 0.3) is 0 Å². The molecule has 1 aromatic carbocycles. The van der Waals surface area contributed by atoms with Crippen LogP contribution in [0.3, 0.4) is 0 Å². The van der Waals surface area contributed by atoms with Crippen LogP contribution in [0.15, 0.2) is 54.6 Å². The Bertz CT molecular complexity index is 854. The molecule has 0 heterocycles. The first-order valence-corrected chi connectivity index (χ1v) is 14.9. The topological polar surface area (TPSA) is 51.8 Å². The number of nitrogens with one attached hydrogen (secondary N) is 1. The first kappa shape index (κ1) is 35.9. The Morgan fingerprint density at radius 2 is 1.30 bits per heavy atom. The molecular weight excluding hydrogens is 527 g/mol. The zero-order valence-corrected chi connectivity index (χ0v) is 21.2. The number of rotatable bonds is 3. The SMILES string of the molecule is CC(N[C](=[Fe+])C#C[Si](C)(C)C)c1ccccc1.F[P-](F)(F)(F)(F)F.[C-]#[O+].[C-]#[O+].[CH]1C=CC=C1. The molecule has 12 heteroatoms. The fourth-order valence-corrected chi connectivity index (χ4v) is 2.54. The van der Waals surface area contributed by atoms with Crippen molar-refractivity contribution in [2.45, 2.75) is 32.6 Å². The Hall–Kier alpha value is -1.68. The Labute approximate surface area is 199 Å². The van der Waals surface area contributed by atoms with E-state index in [9.17, 15) is 25.2 Å². The zero-order chi connectivity index (χ0) is 26.8. The molecule has 0 fully saturated rings. The fourth-order valence-electron chi connectivity index (χ4n) is 1.61. The number of allylic oxidation sites excluding steroid dienone is 4. The molecule has 1 N–H and O–H groups in total. The molecule has 1 radical (unpaired) electrons. The van der Waals surface area contributed by atoms with Crippen LogP contribution in [-0.4, -0.2) is 12.6 Å². The molecule has 0 amide bonds. The van der Waals surface area contributed by atoms with Crippen molar-refractivity contribution >= 4 is 20.4 Å². The second-order valence-corrected chi connectivity index (χ2v) is 14.2. The van der Waals surface area contributed by atoms with Gasteiger partial charge in [-0.2, -0.15) is 0 Å². The van der Waals surface area contributed by atoms with Gasteiger partial charge in [-0.25, -0.2) is 0 Å². The summed E-state index contributed by atoms with van der Waals surface area (Å²) in [6, 6.07) is 10.6. The van der Waals surface area contributed by atoms with Gasteiger partial charge >= 0.3 is 169 Å². The minimum absolute atomic E-state index is 0.250. The van der Waals surface area contributed by atoms with E-state index in [1.807, 2.05) is 48.9 Å². The van der Waals surface area contributed by atoms with Crippen LogP contribution in [0.1, 0.15) is 18.5 Å². The summed E-state index contributed by atoms with van der Waals surface area (Å²) in [5, 5.41) is 3.32. The number of benzene rings is 1. The smallest absolute Gasteiger partial charge is 0.00506 e. The van der Waals surface area contributed by atoms with Crippen LogP contribution in [0.2, 0.25) is 19.6 Å². The molecule has 1 aromatic rings. The molecule has 0 spiro atoms. The summed E-state index contributed by atoms with van der Waals surface area (Å²) in [5.74, 6) is 3.13. The molecular formula is C21H24F6FeNO2PSi. The van der Waals surface area contributed by atoms with Gasteiger partial charge in [0.2, 0.25) is 0 Å². The first-order valence-electron chi connectivity index (χ1n) is 8.83. The monoisotopic (exact) mass is 551 g/mol. The Kier molecular flexibility index (Phi) is 16.6. The maximum Gasteiger partial charge on any atom is 0.00506 e. The van der Waals surface area contributed by atoms with Crippen molar-refractivity contribution in [1.82, 2.24) is 5.32 Å². The fraction of sp³-hybridized carbons (Fsp3) is 0.238. The average Bonchev–Trinajstić information content (AvgIpc) is 3.27. The summed E-state index contributed by atoms with van der Waals surface area (Å²) in [5.41, 5.74) is 4.56. The molecule has 1 atom stereocenters. The third-order valence-electron chi connectivity index (χ3n) is 2.74. The second kappa shape index (κ2) is 15.3. The van der Waals surface area contributed by atoms with Gasteiger partial charge in [0, 0.05) is 6.42 Å². The van der Waals surface area contributed by atoms with Crippen molar-refractivity contribution in [3.05, 3.63) is 79.9 Å². The zero-order valence-electron chi connectivity index (χ0n) is 18.2. The summed E-state index contributed by atoms with van der Waals surface area (Å²) in [7, 11) is -12.0. The van der Waals surface area contributed by atoms with Gasteiger partial charge in [-0.15, -0.1) is 0 Å². The predicted octanol–water partition coefficient (Wildman–Crippen LogP) is 7.52. The molecule has 1 aliphatic rings. The Balaban J connectivity index is -0.000000461. The maximum atomic E-state index is 9.87. The third kappa shape index (κ3) is 37.9. The average molecular weight is 551 g/mol. The minimum atomic E-state index is -10.7. The van der Waals surface area contributed by atoms with E-state index in [4.69, 9.17) is 9.30 Å². The molecule has 2 rings (SSSR count). The summed E-state index contributed by atoms with van der Waals surface area (Å²) < 4.78 is 75.0. The normalized spacial score (nSPS) is 14.1. The molecule has 184 valence electrons. The van der Waals surface area contributed by atoms with Crippen molar-refractivity contribution in [2.75, 3.05) is 0 Å². The van der Waals surface area contributed by atoms with Crippen molar-refractivity contribution in [3.63, 3.8) is 0 Å². The van der Waals surface area contributed by atoms with Crippen LogP contribution in [-0.2, 0) is 24.9 Å². The standard InChI is InChI=1S/C14H19NSi.C5H5.2CO.F6P.Fe/c1-13(14-9-6-5-7-10-14)15-11-8-12-16(2,3)4;1-2-4-5-3-1;2*1-2;1-7(2,3,4,5)6;/h5-7,9-10,13,15H,1-4H3;1-5H;;;;/q;;;;-1;+1. The Morgan fingerprint density at radius 1 is 0.909 bits per heavy atom. The summed E-state index contributed by atoms with van der Waals surface area (Å²) >= 11 is 3.96. The Morgan fingerprint density at radius 3 is 1.61 bits per heavy atom. The van der Waals surface area contributed by atoms with E-state index in [0.29, 0.717) is 0 Å². The van der Waals surface area contributed by atoms with Gasteiger partial charge in [0.25, 0.3) is 0 Å². The largest absolute Gasteiger partial charge is 0.0767 e. The van der Waals surface area contributed by atoms with Crippen LogP contribution in [0.4, 0.5) is 25.2 Å². The van der Waals surface area contributed by atoms with E-state index < -0.39 is 15.9 Å². The third-order valence-corrected chi connectivity index (χ3v) is 3.91. The molecule has 1 unspecified atom stereocenters. The first-order chi connectivity index (χ1) is 14.8. The second-order valence-electron chi connectivity index (χ2n) is 7.00. The maximum absolute atomic E-state index is 10.7. The molecule has 3 nitrogen and oxygen atoms in total. The number of hydrogen-bond donors (Lipinski definition) is 1. The van der Waals surface area contributed by atoms with Gasteiger partial charge in [0.15, 0.2) is 0 Å². The van der Waals surface area contributed by atoms with Crippen molar-refractivity contribution in [2.24, 2.45) is 0 Å². The van der Waals surface area contributed by atoms with Gasteiger partial charge in [-0.05, 0) is 0 Å². The van der Waals surface area contributed by atoms with Gasteiger partial charge in [-0.1, -0.05) is 24.3 Å². The van der Waals surface area contributed by atoms with E-state index >= 15 is 0 Å². The molecule has 0 saturated carbocycles. The van der Waals surface area contributed by atoms with Crippen LogP contribution in [0, 0.1) is 31.2 Å².